The molecular formula is C48H54F12N6O12S3. The van der Waals surface area contributed by atoms with Crippen molar-refractivity contribution in [3.8, 4) is 0 Å². The van der Waals surface area contributed by atoms with Gasteiger partial charge < -0.3 is 28.9 Å². The van der Waals surface area contributed by atoms with Crippen molar-refractivity contribution in [1.29, 1.82) is 0 Å². The predicted octanol–water partition coefficient (Wildman–Crippen LogP) is 8.72. The molecule has 3 atom stereocenters. The Kier molecular flexibility index (Phi) is 21.0. The lowest BCUT2D eigenvalue weighted by Gasteiger charge is -2.34. The summed E-state index contributed by atoms with van der Waals surface area (Å²) in [6, 6.07) is 21.9. The van der Waals surface area contributed by atoms with Crippen molar-refractivity contribution < 1.29 is 107 Å². The molecule has 0 aromatic heterocycles. The summed E-state index contributed by atoms with van der Waals surface area (Å²) in [6.45, 7) is 2.49. The van der Waals surface area contributed by atoms with E-state index < -0.39 is 102 Å². The van der Waals surface area contributed by atoms with Gasteiger partial charge in [0.2, 0.25) is 30.1 Å². The van der Waals surface area contributed by atoms with Crippen LogP contribution in [0, 0.1) is 6.92 Å². The van der Waals surface area contributed by atoms with E-state index in [1.807, 2.05) is 24.3 Å². The number of amides is 3. The van der Waals surface area contributed by atoms with E-state index in [0.717, 1.165) is 61.8 Å². The van der Waals surface area contributed by atoms with Gasteiger partial charge in [0.15, 0.2) is 18.3 Å². The highest BCUT2D eigenvalue weighted by atomic mass is 32.2. The van der Waals surface area contributed by atoms with Gasteiger partial charge >= 0.3 is 43.0 Å². The molecule has 3 amide bonds. The van der Waals surface area contributed by atoms with Crippen molar-refractivity contribution in [3.63, 3.8) is 0 Å². The summed E-state index contributed by atoms with van der Waals surface area (Å²) in [4.78, 5) is 38.2. The minimum absolute atomic E-state index is 0.00777. The van der Waals surface area contributed by atoms with Crippen molar-refractivity contribution >= 4 is 59.1 Å². The first kappa shape index (κ1) is 65.6. The smallest absolute Gasteiger partial charge is 0.425 e. The average molecular weight is 1230 g/mol. The van der Waals surface area contributed by atoms with Crippen molar-refractivity contribution in [3.05, 3.63) is 102 Å². The first-order valence-corrected chi connectivity index (χ1v) is 28.5. The molecule has 450 valence electrons. The second-order valence-electron chi connectivity index (χ2n) is 18.2. The lowest BCUT2D eigenvalue weighted by atomic mass is 10.1. The topological polar surface area (TPSA) is 201 Å². The molecule has 7 rings (SSSR count). The van der Waals surface area contributed by atoms with E-state index >= 15 is 0 Å². The lowest BCUT2D eigenvalue weighted by Crippen LogP contribution is -2.51. The summed E-state index contributed by atoms with van der Waals surface area (Å²) in [6.07, 6.45) is -28.9. The molecule has 0 radical (unpaired) electrons. The van der Waals surface area contributed by atoms with Gasteiger partial charge in [0.05, 0.1) is 20.2 Å². The van der Waals surface area contributed by atoms with E-state index in [0.29, 0.717) is 18.6 Å². The van der Waals surface area contributed by atoms with Crippen LogP contribution in [0.2, 0.25) is 0 Å². The summed E-state index contributed by atoms with van der Waals surface area (Å²) in [5.74, 6) is 0. The van der Waals surface area contributed by atoms with Crippen LogP contribution in [0.4, 0.5) is 67.1 Å². The minimum atomic E-state index is -4.73. The lowest BCUT2D eigenvalue weighted by molar-refractivity contribution is -0.200. The number of nitrogens with zero attached hydrogens (tertiary/aromatic N) is 6. The normalized spacial score (nSPS) is 17.9. The number of sulfonamides is 3. The number of hydrogen-bond acceptors (Lipinski definition) is 12. The summed E-state index contributed by atoms with van der Waals surface area (Å²) in [5.41, 5.74) is -0.528. The molecule has 3 saturated heterocycles. The van der Waals surface area contributed by atoms with Gasteiger partial charge in [-0.3, -0.25) is 0 Å². The third-order valence-electron chi connectivity index (χ3n) is 12.6. The van der Waals surface area contributed by atoms with E-state index in [2.05, 4.69) is 14.2 Å². The SMILES string of the molecule is CC(OC(=O)N1CCN(S(=O)(=O)c2ccc3ccccc3c2)CC1)C(F)(F)F.CC(OC(=O)N1CCN(S(=O)(=O)c2cccc(C(F)(F)F)c2)CC1)C(F)(F)F.Cc1ccccc1S(=O)(=O)N1CCN(C(=O)OC(C)C(F)(F)F)CC1. The first-order chi connectivity index (χ1) is 37.3. The summed E-state index contributed by atoms with van der Waals surface area (Å²) >= 11 is 0. The maximum Gasteiger partial charge on any atom is 0.425 e. The Hall–Kier alpha value is -6.16. The molecule has 0 saturated carbocycles. The Morgan fingerprint density at radius 1 is 0.420 bits per heavy atom. The highest BCUT2D eigenvalue weighted by Gasteiger charge is 2.44. The van der Waals surface area contributed by atoms with Crippen LogP contribution >= 0.6 is 0 Å². The Bertz CT molecular complexity index is 3180. The van der Waals surface area contributed by atoms with Gasteiger partial charge in [0.1, 0.15) is 0 Å². The van der Waals surface area contributed by atoms with E-state index in [-0.39, 0.29) is 88.3 Å². The van der Waals surface area contributed by atoms with Crippen molar-refractivity contribution in [2.24, 2.45) is 0 Å². The van der Waals surface area contributed by atoms with Crippen LogP contribution in [0.3, 0.4) is 0 Å². The number of rotatable bonds is 9. The summed E-state index contributed by atoms with van der Waals surface area (Å²) < 4.78 is 243. The molecule has 0 bridgehead atoms. The third kappa shape index (κ3) is 17.2. The molecule has 33 heteroatoms. The maximum absolute atomic E-state index is 12.9. The van der Waals surface area contributed by atoms with Crippen LogP contribution in [-0.2, 0) is 50.5 Å². The Morgan fingerprint density at radius 2 is 0.765 bits per heavy atom. The zero-order valence-corrected chi connectivity index (χ0v) is 45.7. The number of aryl methyl sites for hydroxylation is 1. The molecule has 3 heterocycles. The zero-order chi connectivity index (χ0) is 60.7. The molecule has 4 aromatic rings. The highest BCUT2D eigenvalue weighted by Crippen LogP contribution is 2.32. The van der Waals surface area contributed by atoms with Gasteiger partial charge in [-0.1, -0.05) is 54.6 Å². The quantitative estimate of drug-likeness (QED) is 0.114. The second-order valence-corrected chi connectivity index (χ2v) is 24.0. The average Bonchev–Trinajstić information content (AvgIpc) is 3.41. The number of alkyl halides is 12. The standard InChI is InChI=1S/C18H19F3N2O4S.C15H16F6N2O4S.C15H19F3N2O4S/c1-13(18(19,20)21)27-17(24)22-8-10-23(11-9-22)28(25,26)16-7-6-14-4-2-3-5-15(14)12-16;1-10(14(16,17)18)27-13(24)22-5-7-23(8-6-22)28(25,26)12-4-2-3-11(9-12)15(19,20)21;1-11-5-3-4-6-13(11)25(22,23)20-9-7-19(8-10-20)14(21)24-12(2)15(16,17)18/h2-7,12-13H,8-11H2,1H3;2-4,9-10H,5-8H2,1H3;3-6,12H,7-10H2,1-2H3. The van der Waals surface area contributed by atoms with Gasteiger partial charge in [-0.25, -0.2) is 39.6 Å². The van der Waals surface area contributed by atoms with Crippen molar-refractivity contribution in [1.82, 2.24) is 27.6 Å². The van der Waals surface area contributed by atoms with Crippen LogP contribution in [0.25, 0.3) is 10.8 Å². The Morgan fingerprint density at radius 3 is 1.14 bits per heavy atom. The number of benzene rings is 4. The highest BCUT2D eigenvalue weighted by molar-refractivity contribution is 7.89. The fourth-order valence-corrected chi connectivity index (χ4v) is 12.2. The predicted molar refractivity (Wildman–Crippen MR) is 264 cm³/mol. The molecule has 81 heavy (non-hydrogen) atoms. The Balaban J connectivity index is 0.000000223. The van der Waals surface area contributed by atoms with Gasteiger partial charge in [-0.05, 0) is 80.4 Å². The first-order valence-electron chi connectivity index (χ1n) is 24.1. The van der Waals surface area contributed by atoms with E-state index in [1.54, 1.807) is 37.3 Å². The number of carbonyl (C=O) groups is 3. The van der Waals surface area contributed by atoms with Crippen LogP contribution in [0.15, 0.2) is 106 Å². The van der Waals surface area contributed by atoms with Gasteiger partial charge in [-0.15, -0.1) is 0 Å². The fraction of sp³-hybridized carbons (Fsp3) is 0.479. The summed E-state index contributed by atoms with van der Waals surface area (Å²) in [5, 5.41) is 1.69. The van der Waals surface area contributed by atoms with E-state index in [4.69, 9.17) is 0 Å². The summed E-state index contributed by atoms with van der Waals surface area (Å²) in [7, 11) is -11.8. The van der Waals surface area contributed by atoms with Crippen LogP contribution < -0.4 is 0 Å². The van der Waals surface area contributed by atoms with Gasteiger partial charge in [0.25, 0.3) is 0 Å². The molecule has 0 aliphatic carbocycles. The maximum atomic E-state index is 12.9. The van der Waals surface area contributed by atoms with Crippen molar-refractivity contribution in [2.75, 3.05) is 78.5 Å². The molecule has 3 aliphatic rings. The van der Waals surface area contributed by atoms with Crippen LogP contribution in [-0.4, -0.2) is 187 Å². The molecule has 4 aromatic carbocycles. The molecule has 0 spiro atoms. The van der Waals surface area contributed by atoms with E-state index in [9.17, 15) is 92.3 Å². The van der Waals surface area contributed by atoms with Crippen molar-refractivity contribution in [2.45, 2.75) is 85.4 Å². The molecule has 18 nitrogen and oxygen atoms in total. The number of hydrogen-bond donors (Lipinski definition) is 0. The molecule has 0 N–H and O–H groups in total. The second kappa shape index (κ2) is 26.0. The van der Waals surface area contributed by atoms with Gasteiger partial charge in [0, 0.05) is 78.5 Å². The van der Waals surface area contributed by atoms with Gasteiger partial charge in [-0.2, -0.15) is 65.6 Å². The number of piperazine rings is 3. The fourth-order valence-electron chi connectivity index (χ4n) is 7.65. The van der Waals surface area contributed by atoms with Crippen LogP contribution in [0.5, 0.6) is 0 Å². The molecule has 3 unspecified atom stereocenters. The third-order valence-corrected chi connectivity index (χ3v) is 18.4. The van der Waals surface area contributed by atoms with E-state index in [1.165, 1.54) is 20.7 Å². The molecule has 3 aliphatic heterocycles. The Labute approximate surface area is 457 Å². The minimum Gasteiger partial charge on any atom is -0.437 e. The van der Waals surface area contributed by atoms with Crippen LogP contribution in [0.1, 0.15) is 31.9 Å². The number of fused-ring (bicyclic) bond motifs is 1. The zero-order valence-electron chi connectivity index (χ0n) is 43.2. The monoisotopic (exact) mass is 1230 g/mol. The molecule has 3 fully saturated rings. The number of carbonyl (C=O) groups excluding carboxylic acids is 3. The number of ether oxygens (including phenoxy) is 3. The number of halogens is 12. The molecular weight excluding hydrogens is 1180 g/mol. The largest absolute Gasteiger partial charge is 0.437 e.